The molecule has 4 heterocycles. The number of fused-ring (bicyclic) bond motifs is 13. The third-order valence-corrected chi connectivity index (χ3v) is 11.9. The van der Waals surface area contributed by atoms with E-state index in [1.54, 1.807) is 0 Å². The van der Waals surface area contributed by atoms with Gasteiger partial charge in [-0.15, -0.1) is 22.7 Å². The third kappa shape index (κ3) is 3.61. The predicted octanol–water partition coefficient (Wildman–Crippen LogP) is 12.8. The van der Waals surface area contributed by atoms with Crippen LogP contribution in [0, 0.1) is 0 Å². The normalized spacial score (nSPS) is 12.3. The van der Waals surface area contributed by atoms with Gasteiger partial charge in [0, 0.05) is 51.3 Å². The Balaban J connectivity index is 1.11. The van der Waals surface area contributed by atoms with Gasteiger partial charge in [-0.1, -0.05) is 103 Å². The Hall–Kier alpha value is -5.62. The number of aromatic nitrogens is 2. The smallest absolute Gasteiger partial charge is 0.246 e. The van der Waals surface area contributed by atoms with Crippen molar-refractivity contribution in [1.29, 1.82) is 0 Å². The summed E-state index contributed by atoms with van der Waals surface area (Å²) < 4.78 is 11.3. The standard InChI is InChI=1S/C42H22N2OS2/c1-3-9-26-23(7-1)16-19-35-37(26)30-13-5-11-28(40(30)46-35)25-15-18-34-32(21-25)39-42(45-34)43-22-33(44-39)29-12-6-14-31-38-27-10-4-2-8-24(27)17-20-36(38)47-41(29)31/h1-22H. The van der Waals surface area contributed by atoms with Gasteiger partial charge in [0.2, 0.25) is 5.71 Å². The highest BCUT2D eigenvalue weighted by Crippen LogP contribution is 2.45. The second kappa shape index (κ2) is 9.46. The molecular weight excluding hydrogens is 613 g/mol. The van der Waals surface area contributed by atoms with E-state index in [4.69, 9.17) is 14.4 Å². The molecular formula is C42H22N2OS2. The molecule has 47 heavy (non-hydrogen) atoms. The lowest BCUT2D eigenvalue weighted by atomic mass is 9.99. The lowest BCUT2D eigenvalue weighted by molar-refractivity contribution is 0.653. The van der Waals surface area contributed by atoms with Crippen molar-refractivity contribution in [2.45, 2.75) is 0 Å². The quantitative estimate of drug-likeness (QED) is 0.190. The molecule has 0 N–H and O–H groups in total. The third-order valence-electron chi connectivity index (χ3n) is 9.54. The van der Waals surface area contributed by atoms with Crippen molar-refractivity contribution in [3.8, 4) is 22.4 Å². The lowest BCUT2D eigenvalue weighted by Gasteiger charge is -2.05. The van der Waals surface area contributed by atoms with Crippen molar-refractivity contribution in [2.75, 3.05) is 0 Å². The maximum atomic E-state index is 6.23. The minimum Gasteiger partial charge on any atom is -0.436 e. The first-order valence-corrected chi connectivity index (χ1v) is 17.3. The highest BCUT2D eigenvalue weighted by molar-refractivity contribution is 7.27. The molecule has 0 atom stereocenters. The minimum atomic E-state index is 0.557. The van der Waals surface area contributed by atoms with Crippen LogP contribution in [0.2, 0.25) is 0 Å². The van der Waals surface area contributed by atoms with Gasteiger partial charge in [-0.3, -0.25) is 0 Å². The summed E-state index contributed by atoms with van der Waals surface area (Å²) in [7, 11) is 0. The lowest BCUT2D eigenvalue weighted by Crippen LogP contribution is -1.87. The summed E-state index contributed by atoms with van der Waals surface area (Å²) in [5.74, 6) is 0. The molecule has 0 aliphatic rings. The SMILES string of the molecule is c1ccc2c(c1)ccc1sc3c(-c4ccc5oc6ncc(-c7cccc8c7sc7ccc9ccccc9c78)nc6c5c4)cccc3c12. The zero-order chi connectivity index (χ0) is 30.6. The number of thiophene rings is 2. The maximum absolute atomic E-state index is 6.23. The van der Waals surface area contributed by atoms with Gasteiger partial charge >= 0.3 is 0 Å². The molecule has 5 heteroatoms. The fourth-order valence-corrected chi connectivity index (χ4v) is 9.89. The molecule has 218 valence electrons. The molecule has 0 saturated heterocycles. The van der Waals surface area contributed by atoms with Crippen LogP contribution in [-0.4, -0.2) is 9.97 Å². The topological polar surface area (TPSA) is 38.9 Å². The molecule has 0 unspecified atom stereocenters. The summed E-state index contributed by atoms with van der Waals surface area (Å²) in [6.07, 6.45) is 1.85. The summed E-state index contributed by atoms with van der Waals surface area (Å²) in [4.78, 5) is 10.0. The van der Waals surface area contributed by atoms with Crippen LogP contribution in [0.5, 0.6) is 0 Å². The molecule has 0 aliphatic heterocycles. The molecule has 0 spiro atoms. The molecule has 0 radical (unpaired) electrons. The highest BCUT2D eigenvalue weighted by atomic mass is 32.1. The average molecular weight is 635 g/mol. The second-order valence-corrected chi connectivity index (χ2v) is 14.2. The molecule has 0 bridgehead atoms. The van der Waals surface area contributed by atoms with Gasteiger partial charge in [0.05, 0.1) is 11.9 Å². The van der Waals surface area contributed by atoms with Crippen LogP contribution in [0.25, 0.3) is 106 Å². The van der Waals surface area contributed by atoms with Crippen LogP contribution in [0.1, 0.15) is 0 Å². The van der Waals surface area contributed by atoms with Gasteiger partial charge in [0.15, 0.2) is 0 Å². The summed E-state index contributed by atoms with van der Waals surface area (Å²) in [5, 5.41) is 11.3. The molecule has 0 saturated carbocycles. The highest BCUT2D eigenvalue weighted by Gasteiger charge is 2.18. The number of furan rings is 1. The Morgan fingerprint density at radius 2 is 1.13 bits per heavy atom. The van der Waals surface area contributed by atoms with E-state index in [1.165, 1.54) is 67.5 Å². The zero-order valence-corrected chi connectivity index (χ0v) is 26.5. The van der Waals surface area contributed by atoms with E-state index in [0.717, 1.165) is 33.3 Å². The molecule has 11 aromatic rings. The molecule has 7 aromatic carbocycles. The summed E-state index contributed by atoms with van der Waals surface area (Å²) >= 11 is 3.68. The molecule has 0 amide bonds. The van der Waals surface area contributed by atoms with Crippen LogP contribution in [0.3, 0.4) is 0 Å². The van der Waals surface area contributed by atoms with Gasteiger partial charge in [-0.05, 0) is 56.9 Å². The summed E-state index contributed by atoms with van der Waals surface area (Å²) in [6.45, 7) is 0. The number of hydrogen-bond acceptors (Lipinski definition) is 5. The van der Waals surface area contributed by atoms with E-state index in [-0.39, 0.29) is 0 Å². The van der Waals surface area contributed by atoms with Gasteiger partial charge < -0.3 is 4.42 Å². The van der Waals surface area contributed by atoms with E-state index in [9.17, 15) is 0 Å². The molecule has 3 nitrogen and oxygen atoms in total. The largest absolute Gasteiger partial charge is 0.436 e. The second-order valence-electron chi connectivity index (χ2n) is 12.1. The van der Waals surface area contributed by atoms with E-state index in [2.05, 4.69) is 127 Å². The van der Waals surface area contributed by atoms with Gasteiger partial charge in [-0.2, -0.15) is 0 Å². The monoisotopic (exact) mass is 634 g/mol. The minimum absolute atomic E-state index is 0.557. The van der Waals surface area contributed by atoms with Crippen molar-refractivity contribution >= 4 is 107 Å². The van der Waals surface area contributed by atoms with E-state index >= 15 is 0 Å². The number of nitrogens with zero attached hydrogens (tertiary/aromatic N) is 2. The summed E-state index contributed by atoms with van der Waals surface area (Å²) in [6, 6.07) is 45.9. The molecule has 11 rings (SSSR count). The Morgan fingerprint density at radius 3 is 1.83 bits per heavy atom. The maximum Gasteiger partial charge on any atom is 0.246 e. The fraction of sp³-hybridized carbons (Fsp3) is 0. The van der Waals surface area contributed by atoms with Crippen LogP contribution in [0.15, 0.2) is 138 Å². The first kappa shape index (κ1) is 25.6. The molecule has 4 aromatic heterocycles. The van der Waals surface area contributed by atoms with Crippen LogP contribution in [-0.2, 0) is 0 Å². The van der Waals surface area contributed by atoms with E-state index < -0.39 is 0 Å². The van der Waals surface area contributed by atoms with E-state index in [1.807, 2.05) is 28.9 Å². The fourth-order valence-electron chi connectivity index (χ4n) is 7.40. The van der Waals surface area contributed by atoms with Gasteiger partial charge in [0.1, 0.15) is 11.1 Å². The van der Waals surface area contributed by atoms with Crippen molar-refractivity contribution in [3.63, 3.8) is 0 Å². The number of hydrogen-bond donors (Lipinski definition) is 0. The number of benzene rings is 7. The summed E-state index contributed by atoms with van der Waals surface area (Å²) in [5.41, 5.74) is 6.45. The Bertz CT molecular complexity index is 2880. The Labute approximate surface area is 276 Å². The van der Waals surface area contributed by atoms with Crippen molar-refractivity contribution in [3.05, 3.63) is 134 Å². The van der Waals surface area contributed by atoms with Crippen LogP contribution >= 0.6 is 22.7 Å². The predicted molar refractivity (Wildman–Crippen MR) is 201 cm³/mol. The first-order valence-electron chi connectivity index (χ1n) is 15.6. The Kier molecular flexibility index (Phi) is 5.14. The van der Waals surface area contributed by atoms with E-state index in [0.29, 0.717) is 5.71 Å². The zero-order valence-electron chi connectivity index (χ0n) is 24.8. The Morgan fingerprint density at radius 1 is 0.511 bits per heavy atom. The van der Waals surface area contributed by atoms with Gasteiger partial charge in [-0.25, -0.2) is 9.97 Å². The molecule has 0 aliphatic carbocycles. The van der Waals surface area contributed by atoms with Crippen molar-refractivity contribution in [2.24, 2.45) is 0 Å². The molecule has 0 fully saturated rings. The van der Waals surface area contributed by atoms with Gasteiger partial charge in [0.25, 0.3) is 0 Å². The average Bonchev–Trinajstić information content (AvgIpc) is 3.82. The van der Waals surface area contributed by atoms with Crippen LogP contribution < -0.4 is 0 Å². The number of rotatable bonds is 2. The van der Waals surface area contributed by atoms with Crippen LogP contribution in [0.4, 0.5) is 0 Å². The van der Waals surface area contributed by atoms with Crippen molar-refractivity contribution in [1.82, 2.24) is 9.97 Å². The first-order chi connectivity index (χ1) is 23.3. The van der Waals surface area contributed by atoms with Crippen molar-refractivity contribution < 1.29 is 4.42 Å².